The van der Waals surface area contributed by atoms with Crippen molar-refractivity contribution in [3.63, 3.8) is 0 Å². The van der Waals surface area contributed by atoms with Gasteiger partial charge in [0.05, 0.1) is 0 Å². The SMILES string of the molecule is CC1=NC2=C(C(=O)CCC2)[C@@H](c2cccc(O)c2)C1C(=O)OCc1ccccc1. The van der Waals surface area contributed by atoms with Crippen molar-refractivity contribution in [3.05, 3.63) is 77.0 Å². The van der Waals surface area contributed by atoms with Gasteiger partial charge in [-0.2, -0.15) is 0 Å². The molecule has 0 bridgehead atoms. The Hall–Kier alpha value is -3.21. The van der Waals surface area contributed by atoms with Crippen LogP contribution in [0.1, 0.15) is 43.2 Å². The monoisotopic (exact) mass is 389 g/mol. The molecule has 2 aliphatic rings. The number of rotatable bonds is 4. The number of nitrogens with zero attached hydrogens (tertiary/aromatic N) is 1. The molecule has 0 amide bonds. The third-order valence-electron chi connectivity index (χ3n) is 5.54. The summed E-state index contributed by atoms with van der Waals surface area (Å²) in [6.45, 7) is 1.98. The van der Waals surface area contributed by atoms with Gasteiger partial charge in [0.25, 0.3) is 0 Å². The molecule has 2 aromatic rings. The fourth-order valence-corrected chi connectivity index (χ4v) is 4.21. The lowest BCUT2D eigenvalue weighted by Crippen LogP contribution is -2.37. The lowest BCUT2D eigenvalue weighted by atomic mass is 9.72. The molecular formula is C24H23NO4. The average Bonchev–Trinajstić information content (AvgIpc) is 2.72. The molecule has 2 aromatic carbocycles. The molecule has 0 fully saturated rings. The van der Waals surface area contributed by atoms with E-state index in [4.69, 9.17) is 4.74 Å². The van der Waals surface area contributed by atoms with Gasteiger partial charge in [-0.05, 0) is 43.0 Å². The summed E-state index contributed by atoms with van der Waals surface area (Å²) in [6.07, 6.45) is 1.94. The molecule has 4 rings (SSSR count). The van der Waals surface area contributed by atoms with Crippen LogP contribution in [0, 0.1) is 5.92 Å². The molecule has 5 heteroatoms. The van der Waals surface area contributed by atoms with Crippen LogP contribution in [0.5, 0.6) is 5.75 Å². The maximum absolute atomic E-state index is 13.1. The number of esters is 1. The zero-order valence-corrected chi connectivity index (χ0v) is 16.3. The van der Waals surface area contributed by atoms with E-state index in [-0.39, 0.29) is 18.1 Å². The van der Waals surface area contributed by atoms with Gasteiger partial charge in [-0.3, -0.25) is 14.6 Å². The van der Waals surface area contributed by atoms with E-state index in [1.165, 1.54) is 0 Å². The number of aromatic hydroxyl groups is 1. The summed E-state index contributed by atoms with van der Waals surface area (Å²) in [5.74, 6) is -1.47. The number of Topliss-reactive ketones (excluding diaryl/α,β-unsaturated/α-hetero) is 1. The quantitative estimate of drug-likeness (QED) is 0.791. The molecule has 0 saturated heterocycles. The highest BCUT2D eigenvalue weighted by molar-refractivity contribution is 6.08. The summed E-state index contributed by atoms with van der Waals surface area (Å²) >= 11 is 0. The van der Waals surface area contributed by atoms with E-state index >= 15 is 0 Å². The molecule has 1 aliphatic carbocycles. The molecule has 1 N–H and O–H groups in total. The van der Waals surface area contributed by atoms with Crippen molar-refractivity contribution < 1.29 is 19.4 Å². The second-order valence-corrected chi connectivity index (χ2v) is 7.53. The third-order valence-corrected chi connectivity index (χ3v) is 5.54. The summed E-state index contributed by atoms with van der Waals surface area (Å²) in [5.41, 5.74) is 3.62. The maximum Gasteiger partial charge on any atom is 0.315 e. The van der Waals surface area contributed by atoms with Gasteiger partial charge in [-0.25, -0.2) is 0 Å². The van der Waals surface area contributed by atoms with Crippen LogP contribution >= 0.6 is 0 Å². The summed E-state index contributed by atoms with van der Waals surface area (Å²) in [5, 5.41) is 10.0. The van der Waals surface area contributed by atoms with Crippen molar-refractivity contribution in [3.8, 4) is 5.75 Å². The first-order valence-corrected chi connectivity index (χ1v) is 9.85. The van der Waals surface area contributed by atoms with Gasteiger partial charge in [0.1, 0.15) is 18.3 Å². The highest BCUT2D eigenvalue weighted by atomic mass is 16.5. The van der Waals surface area contributed by atoms with Gasteiger partial charge in [0, 0.05) is 29.3 Å². The Morgan fingerprint density at radius 1 is 1.14 bits per heavy atom. The van der Waals surface area contributed by atoms with E-state index in [9.17, 15) is 14.7 Å². The number of hydrogen-bond donors (Lipinski definition) is 1. The van der Waals surface area contributed by atoms with Crippen LogP contribution in [0.2, 0.25) is 0 Å². The predicted octanol–water partition coefficient (Wildman–Crippen LogP) is 4.32. The minimum Gasteiger partial charge on any atom is -0.508 e. The van der Waals surface area contributed by atoms with Crippen LogP contribution in [-0.2, 0) is 20.9 Å². The molecule has 1 heterocycles. The van der Waals surface area contributed by atoms with E-state index in [0.717, 1.165) is 29.7 Å². The second-order valence-electron chi connectivity index (χ2n) is 7.53. The van der Waals surface area contributed by atoms with Crippen molar-refractivity contribution >= 4 is 17.5 Å². The Kier molecular flexibility index (Phi) is 5.30. The molecule has 2 atom stereocenters. The van der Waals surface area contributed by atoms with Crippen LogP contribution in [-0.4, -0.2) is 22.6 Å². The van der Waals surface area contributed by atoms with Gasteiger partial charge >= 0.3 is 5.97 Å². The molecule has 0 aromatic heterocycles. The van der Waals surface area contributed by atoms with Crippen molar-refractivity contribution in [2.45, 2.75) is 38.7 Å². The number of hydrogen-bond acceptors (Lipinski definition) is 5. The van der Waals surface area contributed by atoms with Crippen molar-refractivity contribution in [2.75, 3.05) is 0 Å². The van der Waals surface area contributed by atoms with E-state index in [1.807, 2.05) is 43.3 Å². The van der Waals surface area contributed by atoms with Crippen molar-refractivity contribution in [1.29, 1.82) is 0 Å². The third kappa shape index (κ3) is 3.86. The largest absolute Gasteiger partial charge is 0.508 e. The summed E-state index contributed by atoms with van der Waals surface area (Å²) in [6, 6.07) is 16.2. The van der Waals surface area contributed by atoms with Crippen LogP contribution < -0.4 is 0 Å². The second kappa shape index (κ2) is 8.03. The number of aliphatic imine (C=N–C) groups is 1. The molecule has 1 unspecified atom stereocenters. The Labute approximate surface area is 169 Å². The summed E-state index contributed by atoms with van der Waals surface area (Å²) in [7, 11) is 0. The van der Waals surface area contributed by atoms with Crippen molar-refractivity contribution in [1.82, 2.24) is 0 Å². The van der Waals surface area contributed by atoms with Crippen LogP contribution in [0.15, 0.2) is 70.9 Å². The first-order chi connectivity index (χ1) is 14.0. The van der Waals surface area contributed by atoms with Gasteiger partial charge in [0.15, 0.2) is 5.78 Å². The standard InChI is InChI=1S/C24H23NO4/c1-15-21(24(28)29-14-16-7-3-2-4-8-16)22(17-9-5-10-18(26)13-17)23-19(25-15)11-6-12-20(23)27/h2-5,7-10,13,21-22,26H,6,11-12,14H2,1H3/t21?,22-/m0/s1. The highest BCUT2D eigenvalue weighted by Crippen LogP contribution is 2.44. The molecule has 0 spiro atoms. The van der Waals surface area contributed by atoms with Gasteiger partial charge in [0.2, 0.25) is 0 Å². The Morgan fingerprint density at radius 3 is 2.69 bits per heavy atom. The zero-order chi connectivity index (χ0) is 20.4. The van der Waals surface area contributed by atoms with Crippen LogP contribution in [0.25, 0.3) is 0 Å². The first kappa shape index (κ1) is 19.1. The number of ketones is 1. The normalized spacial score (nSPS) is 21.4. The Morgan fingerprint density at radius 2 is 1.93 bits per heavy atom. The van der Waals surface area contributed by atoms with Gasteiger partial charge in [-0.1, -0.05) is 42.5 Å². The van der Waals surface area contributed by atoms with Crippen molar-refractivity contribution in [2.24, 2.45) is 10.9 Å². The number of ether oxygens (including phenoxy) is 1. The first-order valence-electron chi connectivity index (χ1n) is 9.85. The summed E-state index contributed by atoms with van der Waals surface area (Å²) in [4.78, 5) is 30.6. The maximum atomic E-state index is 13.1. The highest BCUT2D eigenvalue weighted by Gasteiger charge is 2.43. The number of phenols is 1. The number of phenolic OH excluding ortho intramolecular Hbond substituents is 1. The lowest BCUT2D eigenvalue weighted by Gasteiger charge is -2.34. The van der Waals surface area contributed by atoms with Crippen LogP contribution in [0.3, 0.4) is 0 Å². The smallest absolute Gasteiger partial charge is 0.315 e. The molecule has 1 aliphatic heterocycles. The van der Waals surface area contributed by atoms with Gasteiger partial charge in [-0.15, -0.1) is 0 Å². The molecule has 29 heavy (non-hydrogen) atoms. The molecule has 0 radical (unpaired) electrons. The zero-order valence-electron chi connectivity index (χ0n) is 16.3. The molecule has 5 nitrogen and oxygen atoms in total. The minimum atomic E-state index is -0.693. The molecule has 0 saturated carbocycles. The number of carbonyl (C=O) groups excluding carboxylic acids is 2. The van der Waals surface area contributed by atoms with Crippen LogP contribution in [0.4, 0.5) is 0 Å². The minimum absolute atomic E-state index is 0.0247. The summed E-state index contributed by atoms with van der Waals surface area (Å²) < 4.78 is 5.62. The van der Waals surface area contributed by atoms with E-state index in [1.54, 1.807) is 18.2 Å². The number of carbonyl (C=O) groups is 2. The van der Waals surface area contributed by atoms with E-state index < -0.39 is 17.8 Å². The predicted molar refractivity (Wildman–Crippen MR) is 110 cm³/mol. The fourth-order valence-electron chi connectivity index (χ4n) is 4.21. The average molecular weight is 389 g/mol. The molecule has 148 valence electrons. The van der Waals surface area contributed by atoms with E-state index in [0.29, 0.717) is 17.7 Å². The Balaban J connectivity index is 1.70. The topological polar surface area (TPSA) is 76.0 Å². The number of allylic oxidation sites excluding steroid dienone is 2. The number of benzene rings is 2. The fraction of sp³-hybridized carbons (Fsp3) is 0.292. The van der Waals surface area contributed by atoms with Gasteiger partial charge < -0.3 is 9.84 Å². The lowest BCUT2D eigenvalue weighted by molar-refractivity contribution is -0.148. The van der Waals surface area contributed by atoms with E-state index in [2.05, 4.69) is 4.99 Å². The molecular weight excluding hydrogens is 366 g/mol. The Bertz CT molecular complexity index is 1010.